The van der Waals surface area contributed by atoms with E-state index in [1.54, 1.807) is 12.1 Å². The van der Waals surface area contributed by atoms with E-state index in [1.165, 1.54) is 0 Å². The number of aryl methyl sites for hydroxylation is 1. The molecule has 0 heterocycles. The van der Waals surface area contributed by atoms with Gasteiger partial charge in [0.15, 0.2) is 11.5 Å². The van der Waals surface area contributed by atoms with Crippen LogP contribution in [0.3, 0.4) is 0 Å². The van der Waals surface area contributed by atoms with Crippen molar-refractivity contribution >= 4 is 29.1 Å². The Morgan fingerprint density at radius 3 is 2.41 bits per heavy atom. The van der Waals surface area contributed by atoms with Gasteiger partial charge in [0, 0.05) is 16.5 Å². The van der Waals surface area contributed by atoms with Crippen LogP contribution in [0, 0.1) is 0 Å². The highest BCUT2D eigenvalue weighted by Gasteiger charge is 2.14. The van der Waals surface area contributed by atoms with E-state index < -0.39 is 0 Å². The molecule has 1 atom stereocenters. The second kappa shape index (κ2) is 10.4. The Kier molecular flexibility index (Phi) is 8.26. The van der Waals surface area contributed by atoms with Gasteiger partial charge in [-0.05, 0) is 62.6 Å². The first-order valence-corrected chi connectivity index (χ1v) is 9.83. The highest BCUT2D eigenvalue weighted by Crippen LogP contribution is 2.30. The maximum Gasteiger partial charge on any atom is 0.220 e. The number of ether oxygens (including phenoxy) is 2. The number of benzene rings is 2. The van der Waals surface area contributed by atoms with Crippen LogP contribution in [0.1, 0.15) is 44.4 Å². The Hall–Kier alpha value is -1.91. The normalized spacial score (nSPS) is 11.7. The Morgan fingerprint density at radius 2 is 1.74 bits per heavy atom. The number of nitrogens with one attached hydrogen (secondary N) is 1. The van der Waals surface area contributed by atoms with Crippen LogP contribution in [-0.2, 0) is 11.2 Å². The zero-order chi connectivity index (χ0) is 19.8. The fraction of sp³-hybridized carbons (Fsp3) is 0.381. The molecule has 0 unspecified atom stereocenters. The van der Waals surface area contributed by atoms with E-state index in [0.29, 0.717) is 47.6 Å². The van der Waals surface area contributed by atoms with E-state index in [4.69, 9.17) is 32.7 Å². The maximum atomic E-state index is 12.3. The van der Waals surface area contributed by atoms with E-state index in [-0.39, 0.29) is 11.9 Å². The Bertz CT molecular complexity index is 780. The number of carbonyl (C=O) groups is 1. The summed E-state index contributed by atoms with van der Waals surface area (Å²) < 4.78 is 11.2. The SMILES string of the molecule is CCOc1ccc([C@H](C)NC(=O)CCc2ccc(Cl)cc2Cl)cc1OCC. The molecule has 4 nitrogen and oxygen atoms in total. The lowest BCUT2D eigenvalue weighted by Gasteiger charge is -2.17. The van der Waals surface area contributed by atoms with Crippen LogP contribution in [0.25, 0.3) is 0 Å². The van der Waals surface area contributed by atoms with Crippen LogP contribution in [-0.4, -0.2) is 19.1 Å². The summed E-state index contributed by atoms with van der Waals surface area (Å²) >= 11 is 12.1. The minimum absolute atomic E-state index is 0.0413. The summed E-state index contributed by atoms with van der Waals surface area (Å²) in [4.78, 5) is 12.3. The van der Waals surface area contributed by atoms with Crippen LogP contribution < -0.4 is 14.8 Å². The highest BCUT2D eigenvalue weighted by atomic mass is 35.5. The monoisotopic (exact) mass is 409 g/mol. The van der Waals surface area contributed by atoms with Crippen LogP contribution in [0.2, 0.25) is 10.0 Å². The van der Waals surface area contributed by atoms with Crippen LogP contribution in [0.15, 0.2) is 36.4 Å². The smallest absolute Gasteiger partial charge is 0.220 e. The van der Waals surface area contributed by atoms with Crippen molar-refractivity contribution < 1.29 is 14.3 Å². The minimum atomic E-state index is -0.145. The quantitative estimate of drug-likeness (QED) is 0.585. The Morgan fingerprint density at radius 1 is 1.04 bits per heavy atom. The number of carbonyl (C=O) groups excluding carboxylic acids is 1. The third-order valence-electron chi connectivity index (χ3n) is 4.08. The first kappa shape index (κ1) is 21.4. The van der Waals surface area contributed by atoms with Gasteiger partial charge >= 0.3 is 0 Å². The second-order valence-electron chi connectivity index (χ2n) is 6.10. The average molecular weight is 410 g/mol. The predicted molar refractivity (Wildman–Crippen MR) is 110 cm³/mol. The molecule has 0 spiro atoms. The molecule has 2 aromatic rings. The average Bonchev–Trinajstić information content (AvgIpc) is 2.62. The van der Waals surface area contributed by atoms with Gasteiger partial charge in [0.1, 0.15) is 0 Å². The standard InChI is InChI=1S/C21H25Cl2NO3/c1-4-26-19-10-7-16(12-20(19)27-5-2)14(3)24-21(25)11-8-15-6-9-17(22)13-18(15)23/h6-7,9-10,12-14H,4-5,8,11H2,1-3H3,(H,24,25)/t14-/m0/s1. The summed E-state index contributed by atoms with van der Waals surface area (Å²) in [5, 5.41) is 4.18. The molecule has 6 heteroatoms. The summed E-state index contributed by atoms with van der Waals surface area (Å²) in [6, 6.07) is 10.9. The molecule has 1 amide bonds. The molecular weight excluding hydrogens is 385 g/mol. The third kappa shape index (κ3) is 6.33. The topological polar surface area (TPSA) is 47.6 Å². The molecule has 0 radical (unpaired) electrons. The summed E-state index contributed by atoms with van der Waals surface area (Å²) in [6.07, 6.45) is 0.906. The molecule has 146 valence electrons. The molecule has 2 aromatic carbocycles. The van der Waals surface area contributed by atoms with E-state index in [1.807, 2.05) is 45.0 Å². The van der Waals surface area contributed by atoms with E-state index in [0.717, 1.165) is 11.1 Å². The fourth-order valence-electron chi connectivity index (χ4n) is 2.71. The first-order valence-electron chi connectivity index (χ1n) is 9.07. The molecule has 0 bridgehead atoms. The molecule has 0 fully saturated rings. The van der Waals surface area contributed by atoms with Gasteiger partial charge in [0.05, 0.1) is 19.3 Å². The van der Waals surface area contributed by atoms with Crippen LogP contribution >= 0.6 is 23.2 Å². The number of halogens is 2. The number of hydrogen-bond donors (Lipinski definition) is 1. The molecule has 0 aliphatic heterocycles. The molecule has 27 heavy (non-hydrogen) atoms. The number of hydrogen-bond acceptors (Lipinski definition) is 3. The molecule has 0 aromatic heterocycles. The third-order valence-corrected chi connectivity index (χ3v) is 4.67. The zero-order valence-electron chi connectivity index (χ0n) is 15.9. The first-order chi connectivity index (χ1) is 12.9. The van der Waals surface area contributed by atoms with Gasteiger partial charge in [0.25, 0.3) is 0 Å². The maximum absolute atomic E-state index is 12.3. The van der Waals surface area contributed by atoms with Crippen molar-refractivity contribution in [1.82, 2.24) is 5.32 Å². The molecule has 2 rings (SSSR count). The lowest BCUT2D eigenvalue weighted by atomic mass is 10.1. The van der Waals surface area contributed by atoms with Gasteiger partial charge in [-0.3, -0.25) is 4.79 Å². The van der Waals surface area contributed by atoms with E-state index >= 15 is 0 Å². The summed E-state index contributed by atoms with van der Waals surface area (Å²) in [5.74, 6) is 1.35. The molecule has 0 saturated heterocycles. The molecular formula is C21H25Cl2NO3. The molecule has 1 N–H and O–H groups in total. The Labute approximate surface area is 170 Å². The van der Waals surface area contributed by atoms with Crippen molar-refractivity contribution in [1.29, 1.82) is 0 Å². The zero-order valence-corrected chi connectivity index (χ0v) is 17.4. The van der Waals surface area contributed by atoms with Gasteiger partial charge in [-0.25, -0.2) is 0 Å². The Balaban J connectivity index is 1.98. The summed E-state index contributed by atoms with van der Waals surface area (Å²) in [7, 11) is 0. The number of rotatable bonds is 9. The summed E-state index contributed by atoms with van der Waals surface area (Å²) in [6.45, 7) is 6.92. The van der Waals surface area contributed by atoms with Gasteiger partial charge in [-0.15, -0.1) is 0 Å². The van der Waals surface area contributed by atoms with Gasteiger partial charge in [-0.2, -0.15) is 0 Å². The van der Waals surface area contributed by atoms with Crippen LogP contribution in [0.4, 0.5) is 0 Å². The largest absolute Gasteiger partial charge is 0.490 e. The van der Waals surface area contributed by atoms with Crippen molar-refractivity contribution in [3.63, 3.8) is 0 Å². The van der Waals surface area contributed by atoms with Crippen LogP contribution in [0.5, 0.6) is 11.5 Å². The van der Waals surface area contributed by atoms with Crippen molar-refractivity contribution in [2.75, 3.05) is 13.2 Å². The number of amides is 1. The predicted octanol–water partition coefficient (Wildman–Crippen LogP) is 5.60. The summed E-state index contributed by atoms with van der Waals surface area (Å²) in [5.41, 5.74) is 1.86. The molecule has 0 aliphatic carbocycles. The van der Waals surface area contributed by atoms with Gasteiger partial charge in [-0.1, -0.05) is 35.3 Å². The lowest BCUT2D eigenvalue weighted by molar-refractivity contribution is -0.121. The van der Waals surface area contributed by atoms with E-state index in [2.05, 4.69) is 5.32 Å². The van der Waals surface area contributed by atoms with Gasteiger partial charge < -0.3 is 14.8 Å². The van der Waals surface area contributed by atoms with Crippen molar-refractivity contribution in [2.45, 2.75) is 39.7 Å². The van der Waals surface area contributed by atoms with E-state index in [9.17, 15) is 4.79 Å². The lowest BCUT2D eigenvalue weighted by Crippen LogP contribution is -2.26. The van der Waals surface area contributed by atoms with Crippen molar-refractivity contribution in [3.05, 3.63) is 57.6 Å². The fourth-order valence-corrected chi connectivity index (χ4v) is 3.21. The van der Waals surface area contributed by atoms with Crippen molar-refractivity contribution in [2.24, 2.45) is 0 Å². The second-order valence-corrected chi connectivity index (χ2v) is 6.94. The van der Waals surface area contributed by atoms with Crippen molar-refractivity contribution in [3.8, 4) is 11.5 Å². The highest BCUT2D eigenvalue weighted by molar-refractivity contribution is 6.35. The molecule has 0 aliphatic rings. The molecule has 0 saturated carbocycles. The van der Waals surface area contributed by atoms with Gasteiger partial charge in [0.2, 0.25) is 5.91 Å². The minimum Gasteiger partial charge on any atom is -0.490 e.